The molecule has 0 saturated heterocycles. The average molecular weight is 522 g/mol. The number of carbonyl (C=O) groups is 1. The Morgan fingerprint density at radius 2 is 1.81 bits per heavy atom. The van der Waals surface area contributed by atoms with Crippen LogP contribution in [0.15, 0.2) is 60.7 Å². The van der Waals surface area contributed by atoms with E-state index in [1.807, 2.05) is 50.2 Å². The molecule has 1 unspecified atom stereocenters. The molecule has 1 aromatic heterocycles. The molecule has 0 saturated carbocycles. The summed E-state index contributed by atoms with van der Waals surface area (Å²) in [6, 6.07) is 18.5. The average Bonchev–Trinajstić information content (AvgIpc) is 3.28. The minimum atomic E-state index is -0.304. The van der Waals surface area contributed by atoms with E-state index < -0.39 is 0 Å². The Kier molecular flexibility index (Phi) is 8.56. The van der Waals surface area contributed by atoms with Crippen molar-refractivity contribution in [1.29, 1.82) is 0 Å². The van der Waals surface area contributed by atoms with Gasteiger partial charge in [0.15, 0.2) is 11.5 Å². The van der Waals surface area contributed by atoms with E-state index in [4.69, 9.17) is 30.8 Å². The van der Waals surface area contributed by atoms with Crippen molar-refractivity contribution in [1.82, 2.24) is 14.9 Å². The van der Waals surface area contributed by atoms with E-state index in [0.717, 1.165) is 52.6 Å². The summed E-state index contributed by atoms with van der Waals surface area (Å²) in [4.78, 5) is 17.9. The molecule has 8 heteroatoms. The van der Waals surface area contributed by atoms with Crippen molar-refractivity contribution in [2.24, 2.45) is 0 Å². The first-order valence-electron chi connectivity index (χ1n) is 12.3. The number of amides is 1. The van der Waals surface area contributed by atoms with E-state index in [9.17, 15) is 4.79 Å². The monoisotopic (exact) mass is 521 g/mol. The van der Waals surface area contributed by atoms with Gasteiger partial charge in [0.1, 0.15) is 11.6 Å². The number of halogens is 1. The highest BCUT2D eigenvalue weighted by atomic mass is 35.5. The predicted octanol–water partition coefficient (Wildman–Crippen LogP) is 6.37. The number of unbranched alkanes of at least 4 members (excludes halogenated alkanes) is 1. The van der Waals surface area contributed by atoms with Crippen LogP contribution in [0.5, 0.6) is 17.2 Å². The van der Waals surface area contributed by atoms with Crippen LogP contribution in [0.2, 0.25) is 5.02 Å². The summed E-state index contributed by atoms with van der Waals surface area (Å²) >= 11 is 6.10. The number of nitrogens with zero attached hydrogens (tertiary/aromatic N) is 2. The van der Waals surface area contributed by atoms with Crippen LogP contribution in [0.1, 0.15) is 47.6 Å². The molecule has 0 aliphatic rings. The topological polar surface area (TPSA) is 74.6 Å². The van der Waals surface area contributed by atoms with Crippen LogP contribution < -0.4 is 19.5 Å². The summed E-state index contributed by atoms with van der Waals surface area (Å²) < 4.78 is 18.7. The van der Waals surface area contributed by atoms with E-state index in [1.165, 1.54) is 0 Å². The summed E-state index contributed by atoms with van der Waals surface area (Å²) in [7, 11) is 3.11. The fourth-order valence-electron chi connectivity index (χ4n) is 4.25. The van der Waals surface area contributed by atoms with Gasteiger partial charge < -0.3 is 24.1 Å². The van der Waals surface area contributed by atoms with Gasteiger partial charge in [0.2, 0.25) is 0 Å². The number of fused-ring (bicyclic) bond motifs is 1. The van der Waals surface area contributed by atoms with Gasteiger partial charge in [0.05, 0.1) is 37.9 Å². The van der Waals surface area contributed by atoms with Crippen molar-refractivity contribution in [3.63, 3.8) is 0 Å². The molecule has 4 aromatic rings. The molecule has 0 spiro atoms. The van der Waals surface area contributed by atoms with Crippen LogP contribution >= 0.6 is 11.6 Å². The summed E-state index contributed by atoms with van der Waals surface area (Å²) in [6.45, 7) is 5.28. The molecule has 7 nitrogen and oxygen atoms in total. The number of hydrogen-bond acceptors (Lipinski definition) is 5. The van der Waals surface area contributed by atoms with Crippen molar-refractivity contribution in [2.45, 2.75) is 39.3 Å². The molecule has 4 rings (SSSR count). The highest BCUT2D eigenvalue weighted by Crippen LogP contribution is 2.28. The molecule has 1 amide bonds. The maximum Gasteiger partial charge on any atom is 0.251 e. The molecule has 194 valence electrons. The Morgan fingerprint density at radius 3 is 2.57 bits per heavy atom. The Hall–Kier alpha value is -3.71. The van der Waals surface area contributed by atoms with Crippen molar-refractivity contribution in [3.8, 4) is 17.2 Å². The molecule has 0 aliphatic carbocycles. The molecule has 0 fully saturated rings. The van der Waals surface area contributed by atoms with Crippen molar-refractivity contribution < 1.29 is 19.0 Å². The third-order valence-corrected chi connectivity index (χ3v) is 6.66. The first-order chi connectivity index (χ1) is 17.9. The van der Waals surface area contributed by atoms with Gasteiger partial charge in [0, 0.05) is 17.1 Å². The molecular formula is C29H32ClN3O4. The molecule has 1 N–H and O–H groups in total. The minimum Gasteiger partial charge on any atom is -0.494 e. The standard InChI is InChI=1S/C29H32ClN3O4/c1-19-17-22(12-13-23(19)30)37-16-8-7-15-33-25-10-6-5-9-24(25)32-28(33)20(2)31-29(34)21-11-14-26(35-3)27(18-21)36-4/h5-6,9-14,17-18,20H,7-8,15-16H2,1-4H3,(H,31,34). The zero-order valence-corrected chi connectivity index (χ0v) is 22.3. The van der Waals surface area contributed by atoms with Crippen LogP contribution in [0.4, 0.5) is 0 Å². The number of para-hydroxylation sites is 2. The van der Waals surface area contributed by atoms with Crippen LogP contribution in [-0.4, -0.2) is 36.3 Å². The number of ether oxygens (including phenoxy) is 3. The van der Waals surface area contributed by atoms with Gasteiger partial charge in [-0.25, -0.2) is 4.98 Å². The fraction of sp³-hybridized carbons (Fsp3) is 0.310. The molecule has 0 radical (unpaired) electrons. The van der Waals surface area contributed by atoms with Gasteiger partial charge in [0.25, 0.3) is 5.91 Å². The summed E-state index contributed by atoms with van der Waals surface area (Å²) in [5.74, 6) is 2.50. The molecule has 3 aromatic carbocycles. The van der Waals surface area contributed by atoms with Crippen LogP contribution in [0.25, 0.3) is 11.0 Å². The van der Waals surface area contributed by atoms with Crippen molar-refractivity contribution in [2.75, 3.05) is 20.8 Å². The lowest BCUT2D eigenvalue weighted by Gasteiger charge is -2.17. The van der Waals surface area contributed by atoms with E-state index in [2.05, 4.69) is 16.0 Å². The second-order valence-electron chi connectivity index (χ2n) is 8.84. The van der Waals surface area contributed by atoms with Crippen molar-refractivity contribution >= 4 is 28.5 Å². The number of rotatable bonds is 11. The Balaban J connectivity index is 1.43. The first-order valence-corrected chi connectivity index (χ1v) is 12.7. The Bertz CT molecular complexity index is 1390. The Morgan fingerprint density at radius 1 is 1.03 bits per heavy atom. The number of imidazole rings is 1. The van der Waals surface area contributed by atoms with Crippen molar-refractivity contribution in [3.05, 3.63) is 82.6 Å². The lowest BCUT2D eigenvalue weighted by atomic mass is 10.1. The minimum absolute atomic E-state index is 0.210. The molecule has 37 heavy (non-hydrogen) atoms. The number of nitrogens with one attached hydrogen (secondary N) is 1. The molecule has 0 bridgehead atoms. The van der Waals surface area contributed by atoms with Gasteiger partial charge >= 0.3 is 0 Å². The zero-order chi connectivity index (χ0) is 26.4. The second kappa shape index (κ2) is 12.0. The number of aromatic nitrogens is 2. The summed E-state index contributed by atoms with van der Waals surface area (Å²) in [5, 5.41) is 3.82. The van der Waals surface area contributed by atoms with E-state index >= 15 is 0 Å². The van der Waals surface area contributed by atoms with Gasteiger partial charge in [-0.2, -0.15) is 0 Å². The number of aryl methyl sites for hydroxylation is 2. The van der Waals surface area contributed by atoms with Crippen LogP contribution in [0, 0.1) is 6.92 Å². The first kappa shape index (κ1) is 26.4. The van der Waals surface area contributed by atoms with Crippen LogP contribution in [-0.2, 0) is 6.54 Å². The lowest BCUT2D eigenvalue weighted by molar-refractivity contribution is 0.0937. The third kappa shape index (κ3) is 6.17. The molecule has 1 heterocycles. The van der Waals surface area contributed by atoms with E-state index in [0.29, 0.717) is 23.7 Å². The van der Waals surface area contributed by atoms with Gasteiger partial charge in [-0.05, 0) is 80.8 Å². The largest absolute Gasteiger partial charge is 0.494 e. The highest BCUT2D eigenvalue weighted by molar-refractivity contribution is 6.31. The molecule has 1 atom stereocenters. The quantitative estimate of drug-likeness (QED) is 0.232. The maximum atomic E-state index is 13.0. The number of carbonyl (C=O) groups excluding carboxylic acids is 1. The maximum absolute atomic E-state index is 13.0. The number of hydrogen-bond donors (Lipinski definition) is 1. The second-order valence-corrected chi connectivity index (χ2v) is 9.25. The smallest absolute Gasteiger partial charge is 0.251 e. The fourth-order valence-corrected chi connectivity index (χ4v) is 4.37. The lowest BCUT2D eigenvalue weighted by Crippen LogP contribution is -2.28. The van der Waals surface area contributed by atoms with Gasteiger partial charge in [-0.3, -0.25) is 4.79 Å². The van der Waals surface area contributed by atoms with Gasteiger partial charge in [-0.15, -0.1) is 0 Å². The van der Waals surface area contributed by atoms with Crippen LogP contribution in [0.3, 0.4) is 0 Å². The van der Waals surface area contributed by atoms with E-state index in [1.54, 1.807) is 32.4 Å². The molecular weight excluding hydrogens is 490 g/mol. The number of methoxy groups -OCH3 is 2. The zero-order valence-electron chi connectivity index (χ0n) is 21.6. The summed E-state index contributed by atoms with van der Waals surface area (Å²) in [6.07, 6.45) is 1.77. The predicted molar refractivity (Wildman–Crippen MR) is 146 cm³/mol. The normalized spacial score (nSPS) is 11.8. The SMILES string of the molecule is COc1ccc(C(=O)NC(C)c2nc3ccccc3n2CCCCOc2ccc(Cl)c(C)c2)cc1OC. The summed E-state index contributed by atoms with van der Waals surface area (Å²) in [5.41, 5.74) is 3.43. The molecule has 0 aliphatic heterocycles. The Labute approximate surface area is 222 Å². The highest BCUT2D eigenvalue weighted by Gasteiger charge is 2.20. The number of benzene rings is 3. The van der Waals surface area contributed by atoms with E-state index in [-0.39, 0.29) is 11.9 Å². The van der Waals surface area contributed by atoms with Gasteiger partial charge in [-0.1, -0.05) is 23.7 Å². The third-order valence-electron chi connectivity index (χ3n) is 6.24.